The normalized spacial score (nSPS) is 19.0. The van der Waals surface area contributed by atoms with Crippen LogP contribution in [0.2, 0.25) is 0 Å². The number of aromatic nitrogens is 1. The van der Waals surface area contributed by atoms with E-state index in [1.165, 1.54) is 11.1 Å². The van der Waals surface area contributed by atoms with E-state index in [1.54, 1.807) is 24.4 Å². The summed E-state index contributed by atoms with van der Waals surface area (Å²) in [4.78, 5) is 16.5. The number of carbonyl (C=O) groups excluding carboxylic acids is 1. The molecule has 4 rings (SSSR count). The maximum absolute atomic E-state index is 12.4. The highest BCUT2D eigenvalue weighted by Crippen LogP contribution is 2.21. The number of rotatable bonds is 2. The van der Waals surface area contributed by atoms with Crippen LogP contribution in [0.5, 0.6) is 0 Å². The molecule has 2 aliphatic rings. The van der Waals surface area contributed by atoms with Gasteiger partial charge >= 0.3 is 7.12 Å². The topological polar surface area (TPSA) is 71.5 Å². The highest BCUT2D eigenvalue weighted by molar-refractivity contribution is 6.61. The monoisotopic (exact) mass is 294 g/mol. The summed E-state index contributed by atoms with van der Waals surface area (Å²) in [7, 11) is -0.871. The Labute approximate surface area is 128 Å². The Balaban J connectivity index is 1.48. The van der Waals surface area contributed by atoms with E-state index in [0.29, 0.717) is 12.2 Å². The Hall–Kier alpha value is -2.18. The first kappa shape index (κ1) is 13.5. The molecular weight excluding hydrogens is 279 g/mol. The second-order valence-corrected chi connectivity index (χ2v) is 5.80. The molecule has 1 aromatic carbocycles. The lowest BCUT2D eigenvalue weighted by atomic mass is 9.79. The van der Waals surface area contributed by atoms with E-state index in [4.69, 9.17) is 4.65 Å². The number of benzene rings is 1. The zero-order valence-corrected chi connectivity index (χ0v) is 12.0. The highest BCUT2D eigenvalue weighted by Gasteiger charge is 2.28. The van der Waals surface area contributed by atoms with Crippen LogP contribution in [0.15, 0.2) is 36.7 Å². The summed E-state index contributed by atoms with van der Waals surface area (Å²) in [5.74, 6) is -0.0880. The summed E-state index contributed by atoms with van der Waals surface area (Å²) in [6.07, 6.45) is 5.32. The van der Waals surface area contributed by atoms with Gasteiger partial charge in [0.25, 0.3) is 5.91 Å². The smallest absolute Gasteiger partial charge is 0.423 e. The zero-order chi connectivity index (χ0) is 15.1. The number of nitrogens with zero attached hydrogens (tertiary/aromatic N) is 1. The summed E-state index contributed by atoms with van der Waals surface area (Å²) in [6, 6.07) is 7.41. The molecule has 2 heterocycles. The molecule has 0 radical (unpaired) electrons. The molecule has 1 aromatic heterocycles. The van der Waals surface area contributed by atoms with Gasteiger partial charge in [-0.05, 0) is 53.2 Å². The van der Waals surface area contributed by atoms with Crippen molar-refractivity contribution >= 4 is 18.5 Å². The van der Waals surface area contributed by atoms with Crippen LogP contribution in [0.25, 0.3) is 0 Å². The molecule has 5 nitrogen and oxygen atoms in total. The van der Waals surface area contributed by atoms with Crippen LogP contribution >= 0.6 is 0 Å². The maximum atomic E-state index is 12.4. The number of carbonyl (C=O) groups is 1. The van der Waals surface area contributed by atoms with E-state index in [2.05, 4.69) is 10.3 Å². The van der Waals surface area contributed by atoms with Gasteiger partial charge in [0.1, 0.15) is 0 Å². The van der Waals surface area contributed by atoms with Gasteiger partial charge in [-0.3, -0.25) is 9.78 Å². The van der Waals surface area contributed by atoms with Crippen LogP contribution in [-0.4, -0.2) is 29.1 Å². The van der Waals surface area contributed by atoms with Gasteiger partial charge in [0, 0.05) is 24.0 Å². The number of pyridine rings is 1. The first-order chi connectivity index (χ1) is 10.7. The third-order valence-corrected chi connectivity index (χ3v) is 4.34. The molecule has 0 bridgehead atoms. The van der Waals surface area contributed by atoms with Crippen molar-refractivity contribution in [2.75, 3.05) is 0 Å². The molecule has 0 spiro atoms. The Morgan fingerprint density at radius 2 is 2.14 bits per heavy atom. The summed E-state index contributed by atoms with van der Waals surface area (Å²) >= 11 is 0. The Kier molecular flexibility index (Phi) is 3.20. The van der Waals surface area contributed by atoms with Crippen molar-refractivity contribution in [2.24, 2.45) is 0 Å². The second-order valence-electron chi connectivity index (χ2n) is 5.80. The first-order valence-electron chi connectivity index (χ1n) is 7.36. The quantitative estimate of drug-likeness (QED) is 0.776. The van der Waals surface area contributed by atoms with Gasteiger partial charge in [-0.2, -0.15) is 0 Å². The van der Waals surface area contributed by atoms with Crippen molar-refractivity contribution in [3.05, 3.63) is 58.9 Å². The van der Waals surface area contributed by atoms with E-state index in [1.807, 2.05) is 12.3 Å². The van der Waals surface area contributed by atoms with Crippen molar-refractivity contribution in [1.29, 1.82) is 0 Å². The number of hydrogen-bond acceptors (Lipinski definition) is 4. The molecule has 1 aliphatic heterocycles. The third kappa shape index (κ3) is 2.30. The zero-order valence-electron chi connectivity index (χ0n) is 12.0. The van der Waals surface area contributed by atoms with Gasteiger partial charge in [0.05, 0.1) is 6.61 Å². The lowest BCUT2D eigenvalue weighted by molar-refractivity contribution is 0.0938. The van der Waals surface area contributed by atoms with Gasteiger partial charge in [-0.25, -0.2) is 0 Å². The molecule has 0 saturated carbocycles. The SMILES string of the molecule is O=C(NC1Cc2ccncc2C1)c1ccc2c(c1)COB2O. The summed E-state index contributed by atoms with van der Waals surface area (Å²) in [6.45, 7) is 0.345. The van der Waals surface area contributed by atoms with E-state index in [-0.39, 0.29) is 11.9 Å². The summed E-state index contributed by atoms with van der Waals surface area (Å²) < 4.78 is 5.15. The molecule has 6 heteroatoms. The van der Waals surface area contributed by atoms with Gasteiger partial charge in [0.15, 0.2) is 0 Å². The van der Waals surface area contributed by atoms with Crippen molar-refractivity contribution in [3.63, 3.8) is 0 Å². The predicted octanol–water partition coefficient (Wildman–Crippen LogP) is 0.197. The van der Waals surface area contributed by atoms with Gasteiger partial charge in [-0.1, -0.05) is 6.07 Å². The molecule has 1 aliphatic carbocycles. The second kappa shape index (κ2) is 5.23. The van der Waals surface area contributed by atoms with Gasteiger partial charge < -0.3 is 15.0 Å². The van der Waals surface area contributed by atoms with Crippen LogP contribution in [0.4, 0.5) is 0 Å². The largest absolute Gasteiger partial charge is 0.491 e. The highest BCUT2D eigenvalue weighted by atomic mass is 16.5. The molecule has 1 atom stereocenters. The maximum Gasteiger partial charge on any atom is 0.491 e. The van der Waals surface area contributed by atoms with Gasteiger partial charge in [0.2, 0.25) is 0 Å². The molecule has 1 unspecified atom stereocenters. The van der Waals surface area contributed by atoms with E-state index in [9.17, 15) is 9.82 Å². The molecule has 22 heavy (non-hydrogen) atoms. The fraction of sp³-hybridized carbons (Fsp3) is 0.250. The number of nitrogens with one attached hydrogen (secondary N) is 1. The molecule has 2 N–H and O–H groups in total. The lowest BCUT2D eigenvalue weighted by Gasteiger charge is -2.12. The Morgan fingerprint density at radius 3 is 3.00 bits per heavy atom. The molecule has 0 fully saturated rings. The van der Waals surface area contributed by atoms with Crippen LogP contribution in [0.3, 0.4) is 0 Å². The number of hydrogen-bond donors (Lipinski definition) is 2. The molecule has 1 amide bonds. The average Bonchev–Trinajstić information content (AvgIpc) is 3.10. The Bertz CT molecular complexity index is 725. The molecular formula is C16H15BN2O3. The fourth-order valence-electron chi connectivity index (χ4n) is 3.18. The van der Waals surface area contributed by atoms with Crippen molar-refractivity contribution in [2.45, 2.75) is 25.5 Å². The lowest BCUT2D eigenvalue weighted by Crippen LogP contribution is -2.35. The predicted molar refractivity (Wildman–Crippen MR) is 81.7 cm³/mol. The summed E-state index contributed by atoms with van der Waals surface area (Å²) in [5, 5.41) is 12.7. The molecule has 110 valence electrons. The van der Waals surface area contributed by atoms with Crippen LogP contribution in [0, 0.1) is 0 Å². The van der Waals surface area contributed by atoms with Gasteiger partial charge in [-0.15, -0.1) is 0 Å². The number of amides is 1. The molecule has 0 saturated heterocycles. The van der Waals surface area contributed by atoms with E-state index < -0.39 is 7.12 Å². The minimum atomic E-state index is -0.871. The fourth-order valence-corrected chi connectivity index (χ4v) is 3.18. The van der Waals surface area contributed by atoms with E-state index >= 15 is 0 Å². The first-order valence-corrected chi connectivity index (χ1v) is 7.36. The van der Waals surface area contributed by atoms with Crippen molar-refractivity contribution < 1.29 is 14.5 Å². The Morgan fingerprint density at radius 1 is 1.27 bits per heavy atom. The van der Waals surface area contributed by atoms with E-state index in [0.717, 1.165) is 23.9 Å². The van der Waals surface area contributed by atoms with Crippen LogP contribution < -0.4 is 10.8 Å². The van der Waals surface area contributed by atoms with Crippen molar-refractivity contribution in [1.82, 2.24) is 10.3 Å². The summed E-state index contributed by atoms with van der Waals surface area (Å²) in [5.41, 5.74) is 4.68. The minimum absolute atomic E-state index is 0.0880. The minimum Gasteiger partial charge on any atom is -0.423 e. The van der Waals surface area contributed by atoms with Crippen LogP contribution in [-0.2, 0) is 24.1 Å². The van der Waals surface area contributed by atoms with Crippen molar-refractivity contribution in [3.8, 4) is 0 Å². The third-order valence-electron chi connectivity index (χ3n) is 4.34. The molecule has 2 aromatic rings. The average molecular weight is 294 g/mol. The number of fused-ring (bicyclic) bond motifs is 2. The van der Waals surface area contributed by atoms with Crippen LogP contribution in [0.1, 0.15) is 27.0 Å². The standard InChI is InChI=1S/C16H15BN2O3/c20-16(11-1-2-15-13(5-11)9-22-17(15)21)19-14-6-10-3-4-18-8-12(10)7-14/h1-5,8,14,21H,6-7,9H2,(H,19,20).